The molecule has 6 heteroatoms. The third-order valence-corrected chi connectivity index (χ3v) is 3.14. The smallest absolute Gasteiger partial charge is 0.372 e. The number of carboxylic acids is 1. The van der Waals surface area contributed by atoms with Crippen LogP contribution in [-0.2, 0) is 11.3 Å². The first-order valence-corrected chi connectivity index (χ1v) is 5.95. The number of rotatable bonds is 4. The third-order valence-electron chi connectivity index (χ3n) is 3.14. The molecule has 98 valence electrons. The Hall–Kier alpha value is -1.82. The minimum Gasteiger partial charge on any atom is -0.475 e. The predicted molar refractivity (Wildman–Crippen MR) is 63.2 cm³/mol. The van der Waals surface area contributed by atoms with Crippen LogP contribution in [0.5, 0.6) is 0 Å². The van der Waals surface area contributed by atoms with Gasteiger partial charge in [-0.05, 0) is 12.5 Å². The lowest BCUT2D eigenvalue weighted by molar-refractivity contribution is -0.129. The molecule has 6 nitrogen and oxygen atoms in total. The second-order valence-electron chi connectivity index (χ2n) is 4.27. The van der Waals surface area contributed by atoms with E-state index in [1.807, 2.05) is 11.8 Å². The molecule has 1 aliphatic rings. The van der Waals surface area contributed by atoms with Crippen LogP contribution in [0.3, 0.4) is 0 Å². The zero-order valence-corrected chi connectivity index (χ0v) is 10.2. The second-order valence-corrected chi connectivity index (χ2v) is 4.27. The van der Waals surface area contributed by atoms with Crippen molar-refractivity contribution in [1.82, 2.24) is 10.2 Å². The molecule has 0 bridgehead atoms. The van der Waals surface area contributed by atoms with E-state index in [2.05, 4.69) is 5.32 Å². The number of carbonyl (C=O) groups is 2. The molecule has 1 atom stereocenters. The van der Waals surface area contributed by atoms with Gasteiger partial charge in [-0.2, -0.15) is 0 Å². The van der Waals surface area contributed by atoms with Crippen LogP contribution >= 0.6 is 0 Å². The first kappa shape index (κ1) is 12.6. The van der Waals surface area contributed by atoms with Gasteiger partial charge in [0.1, 0.15) is 0 Å². The summed E-state index contributed by atoms with van der Waals surface area (Å²) in [6.07, 6.45) is 2.07. The predicted octanol–water partition coefficient (Wildman–Crippen LogP) is 0.688. The Labute approximate surface area is 105 Å². The molecule has 1 aliphatic heterocycles. The highest BCUT2D eigenvalue weighted by atomic mass is 16.4. The van der Waals surface area contributed by atoms with E-state index >= 15 is 0 Å². The Morgan fingerprint density at radius 2 is 2.44 bits per heavy atom. The highest BCUT2D eigenvalue weighted by Crippen LogP contribution is 2.17. The van der Waals surface area contributed by atoms with Gasteiger partial charge in [0.25, 0.3) is 0 Å². The largest absolute Gasteiger partial charge is 0.475 e. The fraction of sp³-hybridized carbons (Fsp3) is 0.500. The molecular formula is C12H16N2O4. The van der Waals surface area contributed by atoms with Crippen molar-refractivity contribution < 1.29 is 19.1 Å². The molecule has 1 saturated heterocycles. The van der Waals surface area contributed by atoms with E-state index in [-0.39, 0.29) is 17.7 Å². The molecule has 2 heterocycles. The lowest BCUT2D eigenvalue weighted by Crippen LogP contribution is -2.54. The Bertz CT molecular complexity index is 455. The first-order valence-electron chi connectivity index (χ1n) is 5.95. The lowest BCUT2D eigenvalue weighted by Gasteiger charge is -2.34. The Balaban J connectivity index is 2.14. The van der Waals surface area contributed by atoms with Gasteiger partial charge >= 0.3 is 5.97 Å². The SMILES string of the molecule is CCC1C(=O)NCCN1Cc1ccoc1C(=O)O. The number of carbonyl (C=O) groups excluding carboxylic acids is 1. The van der Waals surface area contributed by atoms with Gasteiger partial charge in [-0.25, -0.2) is 4.79 Å². The number of carboxylic acid groups (broad SMARTS) is 1. The molecule has 0 aromatic carbocycles. The van der Waals surface area contributed by atoms with Crippen LogP contribution in [0, 0.1) is 0 Å². The molecule has 1 aromatic heterocycles. The summed E-state index contributed by atoms with van der Waals surface area (Å²) in [5.41, 5.74) is 0.607. The zero-order valence-electron chi connectivity index (χ0n) is 10.2. The number of aromatic carboxylic acids is 1. The number of furan rings is 1. The van der Waals surface area contributed by atoms with E-state index in [0.717, 1.165) is 0 Å². The van der Waals surface area contributed by atoms with Gasteiger partial charge in [-0.3, -0.25) is 9.69 Å². The van der Waals surface area contributed by atoms with Crippen LogP contribution in [0.2, 0.25) is 0 Å². The van der Waals surface area contributed by atoms with Gasteiger partial charge in [0.05, 0.1) is 12.3 Å². The van der Waals surface area contributed by atoms with E-state index in [9.17, 15) is 9.59 Å². The molecule has 0 aliphatic carbocycles. The summed E-state index contributed by atoms with van der Waals surface area (Å²) in [5, 5.41) is 11.8. The standard InChI is InChI=1S/C12H16N2O4/c1-2-9-11(15)13-4-5-14(9)7-8-3-6-18-10(8)12(16)17/h3,6,9H,2,4-5,7H2,1H3,(H,13,15)(H,16,17). The van der Waals surface area contributed by atoms with Gasteiger partial charge in [-0.1, -0.05) is 6.92 Å². The molecule has 18 heavy (non-hydrogen) atoms. The second kappa shape index (κ2) is 5.22. The van der Waals surface area contributed by atoms with Crippen molar-refractivity contribution in [1.29, 1.82) is 0 Å². The molecule has 1 aromatic rings. The molecule has 1 fully saturated rings. The van der Waals surface area contributed by atoms with Crippen LogP contribution in [0.4, 0.5) is 0 Å². The average molecular weight is 252 g/mol. The number of hydrogen-bond donors (Lipinski definition) is 2. The fourth-order valence-corrected chi connectivity index (χ4v) is 2.26. The van der Waals surface area contributed by atoms with E-state index in [1.165, 1.54) is 6.26 Å². The maximum Gasteiger partial charge on any atom is 0.372 e. The molecular weight excluding hydrogens is 236 g/mol. The summed E-state index contributed by atoms with van der Waals surface area (Å²) in [4.78, 5) is 24.6. The Kier molecular flexibility index (Phi) is 3.66. The number of nitrogens with one attached hydrogen (secondary N) is 1. The minimum atomic E-state index is -1.08. The number of hydrogen-bond acceptors (Lipinski definition) is 4. The summed E-state index contributed by atoms with van der Waals surface area (Å²) in [6, 6.07) is 1.44. The maximum absolute atomic E-state index is 11.7. The van der Waals surface area contributed by atoms with Crippen molar-refractivity contribution in [3.05, 3.63) is 23.7 Å². The summed E-state index contributed by atoms with van der Waals surface area (Å²) < 4.78 is 4.94. The normalized spacial score (nSPS) is 20.7. The molecule has 0 radical (unpaired) electrons. The third kappa shape index (κ3) is 2.38. The molecule has 1 amide bonds. The molecule has 0 spiro atoms. The van der Waals surface area contributed by atoms with Crippen LogP contribution in [0.1, 0.15) is 29.5 Å². The number of piperazine rings is 1. The van der Waals surface area contributed by atoms with Crippen molar-refractivity contribution in [2.75, 3.05) is 13.1 Å². The quantitative estimate of drug-likeness (QED) is 0.823. The van der Waals surface area contributed by atoms with Crippen molar-refractivity contribution in [2.24, 2.45) is 0 Å². The molecule has 1 unspecified atom stereocenters. The summed E-state index contributed by atoms with van der Waals surface area (Å²) >= 11 is 0. The summed E-state index contributed by atoms with van der Waals surface area (Å²) in [5.74, 6) is -1.12. The van der Waals surface area contributed by atoms with Crippen molar-refractivity contribution in [3.63, 3.8) is 0 Å². The van der Waals surface area contributed by atoms with Gasteiger partial charge in [0, 0.05) is 25.2 Å². The minimum absolute atomic E-state index is 0.00381. The van der Waals surface area contributed by atoms with Crippen LogP contribution < -0.4 is 5.32 Å². The summed E-state index contributed by atoms with van der Waals surface area (Å²) in [7, 11) is 0. The van der Waals surface area contributed by atoms with Crippen LogP contribution in [0.15, 0.2) is 16.7 Å². The van der Waals surface area contributed by atoms with Crippen molar-refractivity contribution in [2.45, 2.75) is 25.9 Å². The monoisotopic (exact) mass is 252 g/mol. The molecule has 2 rings (SSSR count). The van der Waals surface area contributed by atoms with Gasteiger partial charge in [0.2, 0.25) is 11.7 Å². The highest BCUT2D eigenvalue weighted by Gasteiger charge is 2.29. The van der Waals surface area contributed by atoms with E-state index in [4.69, 9.17) is 9.52 Å². The topological polar surface area (TPSA) is 82.8 Å². The van der Waals surface area contributed by atoms with Crippen LogP contribution in [-0.4, -0.2) is 41.0 Å². The number of amides is 1. The van der Waals surface area contributed by atoms with Gasteiger partial charge in [0.15, 0.2) is 0 Å². The number of nitrogens with zero attached hydrogens (tertiary/aromatic N) is 1. The fourth-order valence-electron chi connectivity index (χ4n) is 2.26. The van der Waals surface area contributed by atoms with Crippen molar-refractivity contribution >= 4 is 11.9 Å². The van der Waals surface area contributed by atoms with E-state index in [0.29, 0.717) is 31.6 Å². The van der Waals surface area contributed by atoms with E-state index in [1.54, 1.807) is 6.07 Å². The first-order chi connectivity index (χ1) is 8.63. The summed E-state index contributed by atoms with van der Waals surface area (Å²) in [6.45, 7) is 3.67. The highest BCUT2D eigenvalue weighted by molar-refractivity contribution is 5.86. The van der Waals surface area contributed by atoms with Crippen LogP contribution in [0.25, 0.3) is 0 Å². The Morgan fingerprint density at radius 1 is 1.67 bits per heavy atom. The van der Waals surface area contributed by atoms with Gasteiger partial charge in [-0.15, -0.1) is 0 Å². The van der Waals surface area contributed by atoms with E-state index < -0.39 is 5.97 Å². The molecule has 2 N–H and O–H groups in total. The van der Waals surface area contributed by atoms with Crippen molar-refractivity contribution in [3.8, 4) is 0 Å². The maximum atomic E-state index is 11.7. The lowest BCUT2D eigenvalue weighted by atomic mass is 10.1. The zero-order chi connectivity index (χ0) is 13.1. The molecule has 0 saturated carbocycles. The van der Waals surface area contributed by atoms with Gasteiger partial charge < -0.3 is 14.8 Å². The average Bonchev–Trinajstić information content (AvgIpc) is 2.77. The Morgan fingerprint density at radius 3 is 3.11 bits per heavy atom.